The maximum absolute atomic E-state index is 10.7. The zero-order valence-corrected chi connectivity index (χ0v) is 20.1. The van der Waals surface area contributed by atoms with Gasteiger partial charge in [0.15, 0.2) is 0 Å². The minimum Gasteiger partial charge on any atom is -0.388 e. The van der Waals surface area contributed by atoms with Gasteiger partial charge in [0.1, 0.15) is 12.2 Å². The molecule has 0 spiro atoms. The third-order valence-corrected chi connectivity index (χ3v) is 2.85. The van der Waals surface area contributed by atoms with E-state index in [0.717, 1.165) is 5.92 Å². The SMILES string of the molecule is CC(C)C.CC(OC(C)(C)C)C(O)C(OC(C)(C)C)C(C)OC(C)(C)C. The molecule has 0 heterocycles. The smallest absolute Gasteiger partial charge is 0.112 e. The van der Waals surface area contributed by atoms with Crippen LogP contribution < -0.4 is 0 Å². The van der Waals surface area contributed by atoms with E-state index in [9.17, 15) is 5.11 Å². The number of rotatable bonds is 6. The summed E-state index contributed by atoms with van der Waals surface area (Å²) in [5, 5.41) is 10.7. The van der Waals surface area contributed by atoms with Gasteiger partial charge in [0.05, 0.1) is 29.0 Å². The lowest BCUT2D eigenvalue weighted by Crippen LogP contribution is -2.51. The highest BCUT2D eigenvalue weighted by atomic mass is 16.6. The van der Waals surface area contributed by atoms with Gasteiger partial charge >= 0.3 is 0 Å². The standard InChI is InChI=1S/C18H38O4.C4H10/c1-12(20-16(3,4)5)14(19)15(22-18(9,10)11)13(2)21-17(6,7)8;1-4(2)3/h12-15,19H,1-11H3;4H,1-3H3. The van der Waals surface area contributed by atoms with E-state index in [2.05, 4.69) is 20.8 Å². The maximum atomic E-state index is 10.7. The van der Waals surface area contributed by atoms with Crippen LogP contribution in [0, 0.1) is 5.92 Å². The van der Waals surface area contributed by atoms with Crippen LogP contribution in [-0.4, -0.2) is 46.3 Å². The van der Waals surface area contributed by atoms with E-state index in [4.69, 9.17) is 14.2 Å². The minimum absolute atomic E-state index is 0.250. The topological polar surface area (TPSA) is 47.9 Å². The Morgan fingerprint density at radius 3 is 1.08 bits per heavy atom. The fourth-order valence-electron chi connectivity index (χ4n) is 2.37. The molecule has 0 aromatic rings. The van der Waals surface area contributed by atoms with Crippen molar-refractivity contribution in [2.75, 3.05) is 0 Å². The van der Waals surface area contributed by atoms with Crippen molar-refractivity contribution < 1.29 is 19.3 Å². The Morgan fingerprint density at radius 1 is 0.538 bits per heavy atom. The highest BCUT2D eigenvalue weighted by Crippen LogP contribution is 2.25. The van der Waals surface area contributed by atoms with Gasteiger partial charge in [0, 0.05) is 0 Å². The largest absolute Gasteiger partial charge is 0.388 e. The molecule has 0 bridgehead atoms. The zero-order chi connectivity index (χ0) is 21.5. The van der Waals surface area contributed by atoms with E-state index < -0.39 is 12.2 Å². The Kier molecular flexibility index (Phi) is 11.9. The molecule has 4 unspecified atom stereocenters. The monoisotopic (exact) mass is 376 g/mol. The lowest BCUT2D eigenvalue weighted by atomic mass is 10.0. The van der Waals surface area contributed by atoms with E-state index in [1.807, 2.05) is 76.2 Å². The molecule has 1 N–H and O–H groups in total. The highest BCUT2D eigenvalue weighted by Gasteiger charge is 2.37. The number of aliphatic hydroxyl groups is 1. The summed E-state index contributed by atoms with van der Waals surface area (Å²) < 4.78 is 18.0. The normalized spacial score (nSPS) is 18.0. The van der Waals surface area contributed by atoms with Gasteiger partial charge in [-0.25, -0.2) is 0 Å². The molecule has 0 aromatic heterocycles. The molecule has 0 radical (unpaired) electrons. The average Bonchev–Trinajstić information content (AvgIpc) is 2.28. The molecule has 0 fully saturated rings. The molecule has 26 heavy (non-hydrogen) atoms. The van der Waals surface area contributed by atoms with Crippen LogP contribution in [0.25, 0.3) is 0 Å². The average molecular weight is 377 g/mol. The first kappa shape index (κ1) is 28.1. The van der Waals surface area contributed by atoms with Crippen LogP contribution in [0.2, 0.25) is 0 Å². The van der Waals surface area contributed by atoms with Crippen molar-refractivity contribution in [2.45, 2.75) is 138 Å². The summed E-state index contributed by atoms with van der Waals surface area (Å²) in [6, 6.07) is 0. The Labute approximate surface area is 164 Å². The summed E-state index contributed by atoms with van der Waals surface area (Å²) in [4.78, 5) is 0. The van der Waals surface area contributed by atoms with Gasteiger partial charge < -0.3 is 19.3 Å². The second kappa shape index (κ2) is 11.0. The first-order valence-corrected chi connectivity index (χ1v) is 9.96. The summed E-state index contributed by atoms with van der Waals surface area (Å²) in [6.07, 6.45) is -1.83. The molecule has 0 amide bonds. The van der Waals surface area contributed by atoms with Crippen LogP contribution in [0.15, 0.2) is 0 Å². The molecule has 4 nitrogen and oxygen atoms in total. The van der Waals surface area contributed by atoms with E-state index >= 15 is 0 Å². The van der Waals surface area contributed by atoms with Gasteiger partial charge in [-0.15, -0.1) is 0 Å². The van der Waals surface area contributed by atoms with Gasteiger partial charge in [-0.05, 0) is 82.1 Å². The predicted molar refractivity (Wildman–Crippen MR) is 112 cm³/mol. The van der Waals surface area contributed by atoms with Crippen molar-refractivity contribution >= 4 is 0 Å². The van der Waals surface area contributed by atoms with E-state index in [1.54, 1.807) is 0 Å². The fourth-order valence-corrected chi connectivity index (χ4v) is 2.37. The molecule has 0 saturated carbocycles. The summed E-state index contributed by atoms with van der Waals surface area (Å²) in [5.74, 6) is 0.833. The van der Waals surface area contributed by atoms with Crippen LogP contribution in [0.5, 0.6) is 0 Å². The summed E-state index contributed by atoms with van der Waals surface area (Å²) >= 11 is 0. The van der Waals surface area contributed by atoms with Gasteiger partial charge in [-0.2, -0.15) is 0 Å². The number of ether oxygens (including phenoxy) is 3. The third-order valence-electron chi connectivity index (χ3n) is 2.85. The van der Waals surface area contributed by atoms with E-state index in [1.165, 1.54) is 0 Å². The zero-order valence-electron chi connectivity index (χ0n) is 20.1. The van der Waals surface area contributed by atoms with Gasteiger partial charge in [-0.3, -0.25) is 0 Å². The molecular weight excluding hydrogens is 328 g/mol. The van der Waals surface area contributed by atoms with Crippen molar-refractivity contribution in [3.8, 4) is 0 Å². The van der Waals surface area contributed by atoms with Crippen LogP contribution >= 0.6 is 0 Å². The molecule has 160 valence electrons. The lowest BCUT2D eigenvalue weighted by molar-refractivity contribution is -0.215. The fraction of sp³-hybridized carbons (Fsp3) is 1.00. The molecule has 0 aliphatic heterocycles. The Bertz CT molecular complexity index is 355. The van der Waals surface area contributed by atoms with E-state index in [0.29, 0.717) is 0 Å². The van der Waals surface area contributed by atoms with Crippen LogP contribution in [-0.2, 0) is 14.2 Å². The van der Waals surface area contributed by atoms with Crippen LogP contribution in [0.3, 0.4) is 0 Å². The van der Waals surface area contributed by atoms with E-state index in [-0.39, 0.29) is 29.0 Å². The summed E-state index contributed by atoms with van der Waals surface area (Å²) in [7, 11) is 0. The molecule has 0 saturated heterocycles. The predicted octanol–water partition coefficient (Wildman–Crippen LogP) is 5.60. The Morgan fingerprint density at radius 2 is 0.808 bits per heavy atom. The highest BCUT2D eigenvalue weighted by molar-refractivity contribution is 4.85. The molecule has 0 rings (SSSR count). The second-order valence-electron chi connectivity index (χ2n) is 10.8. The van der Waals surface area contributed by atoms with Gasteiger partial charge in [0.25, 0.3) is 0 Å². The second-order valence-corrected chi connectivity index (χ2v) is 10.8. The summed E-state index contributed by atoms with van der Waals surface area (Å²) in [6.45, 7) is 28.2. The van der Waals surface area contributed by atoms with Crippen molar-refractivity contribution in [3.05, 3.63) is 0 Å². The molecular formula is C22H48O4. The molecule has 4 atom stereocenters. The van der Waals surface area contributed by atoms with Gasteiger partial charge in [-0.1, -0.05) is 20.8 Å². The Hall–Kier alpha value is -0.160. The molecule has 0 aliphatic rings. The van der Waals surface area contributed by atoms with Crippen molar-refractivity contribution in [3.63, 3.8) is 0 Å². The van der Waals surface area contributed by atoms with Gasteiger partial charge in [0.2, 0.25) is 0 Å². The molecule has 0 aromatic carbocycles. The number of hydrogen-bond acceptors (Lipinski definition) is 4. The third kappa shape index (κ3) is 17.3. The summed E-state index contributed by atoms with van der Waals surface area (Å²) in [5.41, 5.74) is -0.990. The van der Waals surface area contributed by atoms with Crippen LogP contribution in [0.1, 0.15) is 96.9 Å². The minimum atomic E-state index is -0.768. The first-order valence-electron chi connectivity index (χ1n) is 9.96. The molecule has 4 heteroatoms. The first-order chi connectivity index (χ1) is 11.2. The van der Waals surface area contributed by atoms with Crippen molar-refractivity contribution in [1.82, 2.24) is 0 Å². The maximum Gasteiger partial charge on any atom is 0.112 e. The quantitative estimate of drug-likeness (QED) is 0.655. The molecule has 0 aliphatic carbocycles. The van der Waals surface area contributed by atoms with Crippen LogP contribution in [0.4, 0.5) is 0 Å². The number of aliphatic hydroxyl groups excluding tert-OH is 1. The number of hydrogen-bond donors (Lipinski definition) is 1. The lowest BCUT2D eigenvalue weighted by Gasteiger charge is -2.40. The van der Waals surface area contributed by atoms with Crippen molar-refractivity contribution in [2.24, 2.45) is 5.92 Å². The van der Waals surface area contributed by atoms with Crippen molar-refractivity contribution in [1.29, 1.82) is 0 Å². The Balaban J connectivity index is 0.